The summed E-state index contributed by atoms with van der Waals surface area (Å²) >= 11 is 4.87. The summed E-state index contributed by atoms with van der Waals surface area (Å²) in [6.07, 6.45) is 0. The van der Waals surface area contributed by atoms with E-state index in [9.17, 15) is 10.1 Å². The number of alkyl halides is 1. The van der Waals surface area contributed by atoms with Crippen LogP contribution in [0.15, 0.2) is 18.2 Å². The normalized spacial score (nSPS) is 10.6. The van der Waals surface area contributed by atoms with E-state index in [1.165, 1.54) is 6.07 Å². The van der Waals surface area contributed by atoms with Gasteiger partial charge in [0, 0.05) is 16.3 Å². The molecule has 0 radical (unpaired) electrons. The van der Waals surface area contributed by atoms with Crippen LogP contribution in [0.5, 0.6) is 5.75 Å². The Labute approximate surface area is 128 Å². The summed E-state index contributed by atoms with van der Waals surface area (Å²) in [6, 6.07) is 4.85. The minimum Gasteiger partial charge on any atom is -0.479 e. The molecule has 0 saturated carbocycles. The number of nitrogens with zero attached hydrogens (tertiary/aromatic N) is 2. The third kappa shape index (κ3) is 3.34. The van der Waals surface area contributed by atoms with Crippen LogP contribution in [0, 0.1) is 24.0 Å². The van der Waals surface area contributed by atoms with Gasteiger partial charge in [-0.1, -0.05) is 22.0 Å². The molecule has 0 aliphatic rings. The van der Waals surface area contributed by atoms with E-state index >= 15 is 0 Å². The van der Waals surface area contributed by atoms with E-state index in [4.69, 9.17) is 4.74 Å². The fraction of sp³-hybridized carbons (Fsp3) is 0.308. The number of nitro benzene ring substituents is 1. The van der Waals surface area contributed by atoms with Gasteiger partial charge in [-0.25, -0.2) is 4.98 Å². The number of halogens is 1. The molecule has 0 aliphatic heterocycles. The summed E-state index contributed by atoms with van der Waals surface area (Å²) in [4.78, 5) is 16.0. The van der Waals surface area contributed by atoms with Crippen LogP contribution in [0.25, 0.3) is 0 Å². The Balaban J connectivity index is 2.20. The van der Waals surface area contributed by atoms with Crippen molar-refractivity contribution in [2.24, 2.45) is 0 Å². The zero-order valence-electron chi connectivity index (χ0n) is 11.1. The first-order valence-corrected chi connectivity index (χ1v) is 7.84. The number of aromatic nitrogens is 1. The Morgan fingerprint density at radius 3 is 2.75 bits per heavy atom. The van der Waals surface area contributed by atoms with Gasteiger partial charge in [0.2, 0.25) is 0 Å². The van der Waals surface area contributed by atoms with Crippen LogP contribution in [0.4, 0.5) is 5.69 Å². The van der Waals surface area contributed by atoms with Crippen LogP contribution in [0.2, 0.25) is 0 Å². The maximum atomic E-state index is 11.0. The van der Waals surface area contributed by atoms with Crippen LogP contribution in [-0.4, -0.2) is 9.91 Å². The predicted molar refractivity (Wildman–Crippen MR) is 81.6 cm³/mol. The molecule has 0 saturated heterocycles. The maximum absolute atomic E-state index is 11.0. The molecule has 0 aliphatic carbocycles. The summed E-state index contributed by atoms with van der Waals surface area (Å²) < 4.78 is 5.58. The molecule has 5 nitrogen and oxygen atoms in total. The number of ether oxygens (including phenoxy) is 1. The van der Waals surface area contributed by atoms with Crippen molar-refractivity contribution in [2.45, 2.75) is 25.8 Å². The zero-order valence-corrected chi connectivity index (χ0v) is 13.5. The van der Waals surface area contributed by atoms with Crippen molar-refractivity contribution in [1.82, 2.24) is 4.98 Å². The molecule has 1 heterocycles. The van der Waals surface area contributed by atoms with Crippen molar-refractivity contribution in [3.05, 3.63) is 49.5 Å². The van der Waals surface area contributed by atoms with Crippen LogP contribution in [-0.2, 0) is 11.9 Å². The van der Waals surface area contributed by atoms with Gasteiger partial charge in [0.1, 0.15) is 11.6 Å². The van der Waals surface area contributed by atoms with Crippen LogP contribution >= 0.6 is 27.3 Å². The molecular weight excluding hydrogens is 344 g/mol. The Bertz CT molecular complexity index is 623. The molecule has 2 aromatic rings. The lowest BCUT2D eigenvalue weighted by Crippen LogP contribution is -1.99. The number of hydrogen-bond donors (Lipinski definition) is 0. The van der Waals surface area contributed by atoms with Gasteiger partial charge >= 0.3 is 5.69 Å². The number of nitro groups is 1. The molecular formula is C13H13BrN2O3S. The number of thiazole rings is 1. The fourth-order valence-electron chi connectivity index (χ4n) is 1.65. The van der Waals surface area contributed by atoms with Crippen molar-refractivity contribution < 1.29 is 9.66 Å². The topological polar surface area (TPSA) is 65.3 Å². The number of aryl methyl sites for hydroxylation is 2. The van der Waals surface area contributed by atoms with Crippen LogP contribution in [0.3, 0.4) is 0 Å². The second kappa shape index (κ2) is 6.32. The number of benzene rings is 1. The van der Waals surface area contributed by atoms with Crippen LogP contribution in [0.1, 0.15) is 21.1 Å². The smallest absolute Gasteiger partial charge is 0.310 e. The summed E-state index contributed by atoms with van der Waals surface area (Å²) in [7, 11) is 0. The van der Waals surface area contributed by atoms with Gasteiger partial charge in [0.25, 0.3) is 0 Å². The quantitative estimate of drug-likeness (QED) is 0.458. The fourth-order valence-corrected chi connectivity index (χ4v) is 2.84. The third-order valence-corrected chi connectivity index (χ3v) is 4.49. The average Bonchev–Trinajstić information content (AvgIpc) is 2.75. The Hall–Kier alpha value is -1.47. The van der Waals surface area contributed by atoms with Gasteiger partial charge in [-0.15, -0.1) is 11.3 Å². The lowest BCUT2D eigenvalue weighted by Gasteiger charge is -2.06. The lowest BCUT2D eigenvalue weighted by atomic mass is 10.2. The van der Waals surface area contributed by atoms with Crippen molar-refractivity contribution in [3.63, 3.8) is 0 Å². The molecule has 0 N–H and O–H groups in total. The zero-order chi connectivity index (χ0) is 14.7. The average molecular weight is 357 g/mol. The molecule has 1 aromatic carbocycles. The lowest BCUT2D eigenvalue weighted by molar-refractivity contribution is -0.386. The Morgan fingerprint density at radius 1 is 1.45 bits per heavy atom. The maximum Gasteiger partial charge on any atom is 0.310 e. The van der Waals surface area contributed by atoms with Gasteiger partial charge in [-0.2, -0.15) is 0 Å². The van der Waals surface area contributed by atoms with E-state index in [0.717, 1.165) is 21.1 Å². The van der Waals surface area contributed by atoms with Crippen molar-refractivity contribution in [3.8, 4) is 5.75 Å². The summed E-state index contributed by atoms with van der Waals surface area (Å²) in [5.74, 6) is 0.275. The Morgan fingerprint density at radius 2 is 2.20 bits per heavy atom. The molecule has 0 atom stereocenters. The number of hydrogen-bond acceptors (Lipinski definition) is 5. The molecule has 2 rings (SSSR count). The molecule has 7 heteroatoms. The highest BCUT2D eigenvalue weighted by molar-refractivity contribution is 9.08. The van der Waals surface area contributed by atoms with Gasteiger partial charge in [0.05, 0.1) is 10.6 Å². The number of rotatable bonds is 5. The van der Waals surface area contributed by atoms with Gasteiger partial charge in [-0.05, 0) is 25.5 Å². The molecule has 106 valence electrons. The van der Waals surface area contributed by atoms with Crippen molar-refractivity contribution in [2.75, 3.05) is 0 Å². The molecule has 0 amide bonds. The van der Waals surface area contributed by atoms with Gasteiger partial charge in [-0.3, -0.25) is 10.1 Å². The first kappa shape index (κ1) is 14.9. The van der Waals surface area contributed by atoms with E-state index in [2.05, 4.69) is 20.9 Å². The molecule has 0 unspecified atom stereocenters. The molecule has 0 bridgehead atoms. The van der Waals surface area contributed by atoms with Crippen molar-refractivity contribution in [1.29, 1.82) is 0 Å². The Kier molecular flexibility index (Phi) is 4.72. The minimum atomic E-state index is -0.439. The molecule has 20 heavy (non-hydrogen) atoms. The molecule has 0 spiro atoms. The highest BCUT2D eigenvalue weighted by Gasteiger charge is 2.16. The summed E-state index contributed by atoms with van der Waals surface area (Å²) in [5, 5.41) is 12.4. The second-order valence-electron chi connectivity index (χ2n) is 4.23. The summed E-state index contributed by atoms with van der Waals surface area (Å²) in [5.41, 5.74) is 1.87. The minimum absolute atomic E-state index is 0.0281. The largest absolute Gasteiger partial charge is 0.479 e. The van der Waals surface area contributed by atoms with E-state index in [1.807, 2.05) is 13.8 Å². The third-order valence-electron chi connectivity index (χ3n) is 2.80. The van der Waals surface area contributed by atoms with E-state index in [0.29, 0.717) is 5.33 Å². The van der Waals surface area contributed by atoms with Crippen molar-refractivity contribution >= 4 is 33.0 Å². The van der Waals surface area contributed by atoms with E-state index in [-0.39, 0.29) is 18.0 Å². The summed E-state index contributed by atoms with van der Waals surface area (Å²) in [6.45, 7) is 4.17. The van der Waals surface area contributed by atoms with Crippen LogP contribution < -0.4 is 4.74 Å². The molecule has 1 aromatic heterocycles. The first-order chi connectivity index (χ1) is 9.51. The van der Waals surface area contributed by atoms with Gasteiger partial charge in [0.15, 0.2) is 5.75 Å². The standard InChI is InChI=1S/C13H13BrN2O3S/c1-8-9(2)20-13(15-8)7-19-12-5-10(6-14)3-4-11(12)16(17)18/h3-5H,6-7H2,1-2H3. The predicted octanol–water partition coefficient (Wildman–Crippen LogP) is 4.14. The van der Waals surface area contributed by atoms with E-state index < -0.39 is 4.92 Å². The molecule has 0 fully saturated rings. The highest BCUT2D eigenvalue weighted by Crippen LogP contribution is 2.30. The van der Waals surface area contributed by atoms with Gasteiger partial charge < -0.3 is 4.74 Å². The monoisotopic (exact) mass is 356 g/mol. The van der Waals surface area contributed by atoms with E-state index in [1.54, 1.807) is 23.5 Å². The second-order valence-corrected chi connectivity index (χ2v) is 6.08. The SMILES string of the molecule is Cc1nc(COc2cc(CBr)ccc2[N+](=O)[O-])sc1C. The highest BCUT2D eigenvalue weighted by atomic mass is 79.9. The first-order valence-electron chi connectivity index (χ1n) is 5.90.